The van der Waals surface area contributed by atoms with E-state index >= 15 is 0 Å². The van der Waals surface area contributed by atoms with Crippen molar-refractivity contribution >= 4 is 23.5 Å². The molecule has 19 heavy (non-hydrogen) atoms. The number of H-pyrrole nitrogens is 1. The van der Waals surface area contributed by atoms with Gasteiger partial charge in [-0.1, -0.05) is 23.7 Å². The van der Waals surface area contributed by atoms with E-state index in [-0.39, 0.29) is 11.9 Å². The van der Waals surface area contributed by atoms with Crippen LogP contribution in [-0.2, 0) is 4.79 Å². The Morgan fingerprint density at radius 1 is 1.47 bits per heavy atom. The molecule has 0 saturated heterocycles. The topological polar surface area (TPSA) is 79.9 Å². The summed E-state index contributed by atoms with van der Waals surface area (Å²) in [6.45, 7) is 3.37. The molecule has 0 spiro atoms. The van der Waals surface area contributed by atoms with Crippen LogP contribution in [0.3, 0.4) is 0 Å². The summed E-state index contributed by atoms with van der Waals surface area (Å²) < 4.78 is 5.48. The van der Waals surface area contributed by atoms with Crippen LogP contribution in [0.5, 0.6) is 5.75 Å². The number of nitrogens with one attached hydrogen (secondary N) is 2. The Bertz CT molecular complexity index is 585. The first-order chi connectivity index (χ1) is 9.06. The summed E-state index contributed by atoms with van der Waals surface area (Å²) in [5.41, 5.74) is 0. The van der Waals surface area contributed by atoms with Gasteiger partial charge >= 0.3 is 0 Å². The van der Waals surface area contributed by atoms with Crippen molar-refractivity contribution in [3.05, 3.63) is 35.1 Å². The fraction of sp³-hybridized carbons (Fsp3) is 0.250. The molecule has 1 heterocycles. The SMILES string of the molecule is Cc1nc(NC(=O)C(C)Oc2ccccc2Cl)n[nH]1. The molecule has 0 aliphatic rings. The van der Waals surface area contributed by atoms with E-state index in [0.29, 0.717) is 16.6 Å². The van der Waals surface area contributed by atoms with Gasteiger partial charge in [0, 0.05) is 0 Å². The minimum Gasteiger partial charge on any atom is -0.479 e. The van der Waals surface area contributed by atoms with Gasteiger partial charge in [0.05, 0.1) is 5.02 Å². The lowest BCUT2D eigenvalue weighted by Crippen LogP contribution is -2.30. The molecule has 0 aliphatic heterocycles. The summed E-state index contributed by atoms with van der Waals surface area (Å²) in [5, 5.41) is 9.44. The number of nitrogens with zero attached hydrogens (tertiary/aromatic N) is 2. The lowest BCUT2D eigenvalue weighted by atomic mass is 10.3. The molecule has 1 atom stereocenters. The smallest absolute Gasteiger partial charge is 0.267 e. The number of benzene rings is 1. The molecular weight excluding hydrogens is 268 g/mol. The Morgan fingerprint density at radius 3 is 2.84 bits per heavy atom. The first-order valence-corrected chi connectivity index (χ1v) is 6.05. The quantitative estimate of drug-likeness (QED) is 0.899. The summed E-state index contributed by atoms with van der Waals surface area (Å²) in [7, 11) is 0. The lowest BCUT2D eigenvalue weighted by Gasteiger charge is -2.14. The molecule has 1 amide bonds. The van der Waals surface area contributed by atoms with Gasteiger partial charge in [0.1, 0.15) is 11.6 Å². The number of aryl methyl sites for hydroxylation is 1. The van der Waals surface area contributed by atoms with Crippen LogP contribution in [-0.4, -0.2) is 27.2 Å². The third-order valence-electron chi connectivity index (χ3n) is 2.34. The predicted octanol–water partition coefficient (Wildman–Crippen LogP) is 2.17. The zero-order valence-electron chi connectivity index (χ0n) is 10.5. The van der Waals surface area contributed by atoms with Gasteiger partial charge < -0.3 is 4.74 Å². The van der Waals surface area contributed by atoms with E-state index in [9.17, 15) is 4.79 Å². The molecule has 7 heteroatoms. The molecule has 2 rings (SSSR count). The number of carbonyl (C=O) groups excluding carboxylic acids is 1. The van der Waals surface area contributed by atoms with Crippen molar-refractivity contribution < 1.29 is 9.53 Å². The van der Waals surface area contributed by atoms with E-state index in [2.05, 4.69) is 20.5 Å². The van der Waals surface area contributed by atoms with Crippen LogP contribution in [0.2, 0.25) is 5.02 Å². The molecule has 1 aromatic heterocycles. The molecule has 0 saturated carbocycles. The van der Waals surface area contributed by atoms with Crippen molar-refractivity contribution in [2.75, 3.05) is 5.32 Å². The Morgan fingerprint density at radius 2 is 2.21 bits per heavy atom. The highest BCUT2D eigenvalue weighted by atomic mass is 35.5. The Kier molecular flexibility index (Phi) is 4.01. The minimum absolute atomic E-state index is 0.220. The molecule has 1 unspecified atom stereocenters. The number of halogens is 1. The second-order valence-electron chi connectivity index (χ2n) is 3.92. The normalized spacial score (nSPS) is 11.9. The van der Waals surface area contributed by atoms with Gasteiger partial charge in [0.25, 0.3) is 5.91 Å². The number of carbonyl (C=O) groups is 1. The summed E-state index contributed by atoms with van der Waals surface area (Å²) in [6.07, 6.45) is -0.710. The first-order valence-electron chi connectivity index (χ1n) is 5.67. The Labute approximate surface area is 115 Å². The van der Waals surface area contributed by atoms with E-state index in [1.165, 1.54) is 0 Å². The van der Waals surface area contributed by atoms with Crippen LogP contribution in [0, 0.1) is 6.92 Å². The summed E-state index contributed by atoms with van der Waals surface area (Å²) >= 11 is 5.95. The van der Waals surface area contributed by atoms with E-state index in [0.717, 1.165) is 0 Å². The maximum absolute atomic E-state index is 11.9. The minimum atomic E-state index is -0.710. The maximum Gasteiger partial charge on any atom is 0.267 e. The highest BCUT2D eigenvalue weighted by Gasteiger charge is 2.17. The Hall–Kier alpha value is -2.08. The molecule has 0 radical (unpaired) electrons. The van der Waals surface area contributed by atoms with E-state index < -0.39 is 6.10 Å². The monoisotopic (exact) mass is 280 g/mol. The highest BCUT2D eigenvalue weighted by molar-refractivity contribution is 6.32. The molecule has 1 aromatic carbocycles. The van der Waals surface area contributed by atoms with Crippen LogP contribution >= 0.6 is 11.6 Å². The van der Waals surface area contributed by atoms with Gasteiger partial charge in [-0.15, -0.1) is 5.10 Å². The largest absolute Gasteiger partial charge is 0.479 e. The number of amides is 1. The fourth-order valence-corrected chi connectivity index (χ4v) is 1.57. The summed E-state index contributed by atoms with van der Waals surface area (Å²) in [5.74, 6) is 0.948. The second-order valence-corrected chi connectivity index (χ2v) is 4.33. The number of rotatable bonds is 4. The lowest BCUT2D eigenvalue weighted by molar-refractivity contribution is -0.122. The van der Waals surface area contributed by atoms with Crippen molar-refractivity contribution in [1.82, 2.24) is 15.2 Å². The van der Waals surface area contributed by atoms with Crippen molar-refractivity contribution in [3.63, 3.8) is 0 Å². The van der Waals surface area contributed by atoms with Gasteiger partial charge in [-0.2, -0.15) is 4.98 Å². The molecule has 2 N–H and O–H groups in total. The van der Waals surface area contributed by atoms with Crippen molar-refractivity contribution in [2.24, 2.45) is 0 Å². The average Bonchev–Trinajstić information content (AvgIpc) is 2.77. The third-order valence-corrected chi connectivity index (χ3v) is 2.65. The first kappa shape index (κ1) is 13.4. The van der Waals surface area contributed by atoms with Crippen LogP contribution in [0.1, 0.15) is 12.7 Å². The van der Waals surface area contributed by atoms with E-state index in [4.69, 9.17) is 16.3 Å². The van der Waals surface area contributed by atoms with E-state index in [1.54, 1.807) is 38.1 Å². The van der Waals surface area contributed by atoms with Crippen LogP contribution in [0.15, 0.2) is 24.3 Å². The van der Waals surface area contributed by atoms with Gasteiger partial charge in [-0.05, 0) is 26.0 Å². The second kappa shape index (κ2) is 5.71. The van der Waals surface area contributed by atoms with Crippen LogP contribution in [0.4, 0.5) is 5.95 Å². The molecule has 0 aliphatic carbocycles. The summed E-state index contributed by atoms with van der Waals surface area (Å²) in [6, 6.07) is 6.96. The number of hydrogen-bond acceptors (Lipinski definition) is 4. The number of anilines is 1. The van der Waals surface area contributed by atoms with Crippen molar-refractivity contribution in [1.29, 1.82) is 0 Å². The number of para-hydroxylation sites is 1. The Balaban J connectivity index is 1.98. The number of hydrogen-bond donors (Lipinski definition) is 2. The van der Waals surface area contributed by atoms with Gasteiger partial charge in [0.2, 0.25) is 5.95 Å². The number of aromatic amines is 1. The van der Waals surface area contributed by atoms with Crippen LogP contribution < -0.4 is 10.1 Å². The van der Waals surface area contributed by atoms with E-state index in [1.807, 2.05) is 0 Å². The molecule has 2 aromatic rings. The fourth-order valence-electron chi connectivity index (χ4n) is 1.39. The zero-order valence-corrected chi connectivity index (χ0v) is 11.2. The molecule has 0 fully saturated rings. The molecule has 100 valence electrons. The highest BCUT2D eigenvalue weighted by Crippen LogP contribution is 2.24. The van der Waals surface area contributed by atoms with Crippen molar-refractivity contribution in [3.8, 4) is 5.75 Å². The number of aromatic nitrogens is 3. The third kappa shape index (κ3) is 3.45. The maximum atomic E-state index is 11.9. The molecule has 6 nitrogen and oxygen atoms in total. The summed E-state index contributed by atoms with van der Waals surface area (Å²) in [4.78, 5) is 15.8. The zero-order chi connectivity index (χ0) is 13.8. The molecule has 0 bridgehead atoms. The van der Waals surface area contributed by atoms with Gasteiger partial charge in [-0.3, -0.25) is 15.2 Å². The standard InChI is InChI=1S/C12H13ClN4O2/c1-7(19-10-6-4-3-5-9(10)13)11(18)15-12-14-8(2)16-17-12/h3-7H,1-2H3,(H2,14,15,16,17,18). The van der Waals surface area contributed by atoms with Crippen molar-refractivity contribution in [2.45, 2.75) is 20.0 Å². The predicted molar refractivity (Wildman–Crippen MR) is 71.3 cm³/mol. The van der Waals surface area contributed by atoms with Gasteiger partial charge in [0.15, 0.2) is 6.10 Å². The average molecular weight is 281 g/mol. The number of ether oxygens (including phenoxy) is 1. The molecular formula is C12H13ClN4O2. The van der Waals surface area contributed by atoms with Crippen LogP contribution in [0.25, 0.3) is 0 Å². The van der Waals surface area contributed by atoms with Gasteiger partial charge in [-0.25, -0.2) is 0 Å².